The van der Waals surface area contributed by atoms with E-state index in [0.717, 1.165) is 6.54 Å². The van der Waals surface area contributed by atoms with E-state index >= 15 is 0 Å². The molecule has 0 radical (unpaired) electrons. The van der Waals surface area contributed by atoms with Crippen LogP contribution in [-0.2, 0) is 4.79 Å². The first-order valence-corrected chi connectivity index (χ1v) is 5.87. The van der Waals surface area contributed by atoms with Gasteiger partial charge >= 0.3 is 0 Å². The first kappa shape index (κ1) is 14.0. The second-order valence-electron chi connectivity index (χ2n) is 3.68. The van der Waals surface area contributed by atoms with Gasteiger partial charge in [-0.25, -0.2) is 4.98 Å². The van der Waals surface area contributed by atoms with E-state index in [1.807, 2.05) is 6.92 Å². The van der Waals surface area contributed by atoms with Gasteiger partial charge in [0.15, 0.2) is 0 Å². The average molecular weight is 250 g/mol. The van der Waals surface area contributed by atoms with Gasteiger partial charge in [-0.1, -0.05) is 6.07 Å². The summed E-state index contributed by atoms with van der Waals surface area (Å²) in [6.45, 7) is 4.94. The van der Waals surface area contributed by atoms with Gasteiger partial charge in [0.05, 0.1) is 0 Å². The Morgan fingerprint density at radius 1 is 1.22 bits per heavy atom. The summed E-state index contributed by atoms with van der Waals surface area (Å²) in [5.74, 6) is 0.309. The van der Waals surface area contributed by atoms with Gasteiger partial charge in [-0.3, -0.25) is 9.59 Å². The molecule has 98 valence electrons. The van der Waals surface area contributed by atoms with Crippen LogP contribution in [0.25, 0.3) is 0 Å². The van der Waals surface area contributed by atoms with Crippen molar-refractivity contribution in [3.8, 4) is 0 Å². The molecule has 0 saturated heterocycles. The lowest BCUT2D eigenvalue weighted by Crippen LogP contribution is -2.34. The predicted octanol–water partition coefficient (Wildman–Crippen LogP) is 0.379. The van der Waals surface area contributed by atoms with Crippen LogP contribution in [0.1, 0.15) is 24.3 Å². The molecule has 0 saturated carbocycles. The molecule has 6 heteroatoms. The van der Waals surface area contributed by atoms with E-state index in [2.05, 4.69) is 20.9 Å². The number of carbonyl (C=O) groups excluding carboxylic acids is 2. The smallest absolute Gasteiger partial charge is 0.270 e. The molecule has 0 bridgehead atoms. The second kappa shape index (κ2) is 7.26. The molecule has 0 fully saturated rings. The van der Waals surface area contributed by atoms with Crippen LogP contribution in [0, 0.1) is 0 Å². The maximum absolute atomic E-state index is 11.7. The molecule has 1 heterocycles. The summed E-state index contributed by atoms with van der Waals surface area (Å²) in [6, 6.07) is 5.22. The maximum Gasteiger partial charge on any atom is 0.270 e. The molecule has 2 amide bonds. The zero-order valence-corrected chi connectivity index (χ0v) is 10.6. The Labute approximate surface area is 106 Å². The minimum Gasteiger partial charge on any atom is -0.370 e. The number of pyridine rings is 1. The summed E-state index contributed by atoms with van der Waals surface area (Å²) in [5.41, 5.74) is 0.358. The zero-order valence-electron chi connectivity index (χ0n) is 10.6. The Bertz CT molecular complexity index is 420. The van der Waals surface area contributed by atoms with Crippen LogP contribution < -0.4 is 16.0 Å². The normalized spacial score (nSPS) is 9.67. The number of anilines is 1. The molecule has 0 aliphatic heterocycles. The number of carbonyl (C=O) groups is 2. The van der Waals surface area contributed by atoms with E-state index in [4.69, 9.17) is 0 Å². The third kappa shape index (κ3) is 4.82. The Morgan fingerprint density at radius 2 is 1.94 bits per heavy atom. The minimum atomic E-state index is -0.250. The molecule has 1 aromatic rings. The van der Waals surface area contributed by atoms with Crippen LogP contribution in [0.2, 0.25) is 0 Å². The molecule has 18 heavy (non-hydrogen) atoms. The first-order valence-electron chi connectivity index (χ1n) is 5.87. The van der Waals surface area contributed by atoms with Gasteiger partial charge in [0.2, 0.25) is 5.91 Å². The van der Waals surface area contributed by atoms with Crippen molar-refractivity contribution in [2.45, 2.75) is 13.8 Å². The van der Waals surface area contributed by atoms with E-state index < -0.39 is 0 Å². The summed E-state index contributed by atoms with van der Waals surface area (Å²) in [5, 5.41) is 8.31. The average Bonchev–Trinajstić information content (AvgIpc) is 2.35. The van der Waals surface area contributed by atoms with Crippen LogP contribution in [0.4, 0.5) is 5.82 Å². The fourth-order valence-electron chi connectivity index (χ4n) is 1.35. The molecule has 1 rings (SSSR count). The first-order chi connectivity index (χ1) is 8.63. The highest BCUT2D eigenvalue weighted by atomic mass is 16.2. The number of aromatic nitrogens is 1. The lowest BCUT2D eigenvalue weighted by Gasteiger charge is -2.07. The van der Waals surface area contributed by atoms with Gasteiger partial charge in [-0.2, -0.15) is 0 Å². The van der Waals surface area contributed by atoms with E-state index in [0.29, 0.717) is 24.6 Å². The number of amides is 2. The van der Waals surface area contributed by atoms with Gasteiger partial charge in [0.25, 0.3) is 5.91 Å². The molecule has 6 nitrogen and oxygen atoms in total. The molecule has 0 atom stereocenters. The van der Waals surface area contributed by atoms with Crippen LogP contribution in [-0.4, -0.2) is 36.4 Å². The fraction of sp³-hybridized carbons (Fsp3) is 0.417. The zero-order chi connectivity index (χ0) is 13.4. The van der Waals surface area contributed by atoms with Crippen molar-refractivity contribution in [2.75, 3.05) is 25.0 Å². The number of nitrogens with one attached hydrogen (secondary N) is 3. The van der Waals surface area contributed by atoms with Gasteiger partial charge < -0.3 is 16.0 Å². The summed E-state index contributed by atoms with van der Waals surface area (Å²) in [7, 11) is 0. The monoisotopic (exact) mass is 250 g/mol. The number of hydrogen-bond donors (Lipinski definition) is 3. The van der Waals surface area contributed by atoms with Crippen LogP contribution >= 0.6 is 0 Å². The van der Waals surface area contributed by atoms with Crippen molar-refractivity contribution in [1.82, 2.24) is 15.6 Å². The van der Waals surface area contributed by atoms with E-state index in [-0.39, 0.29) is 11.8 Å². The van der Waals surface area contributed by atoms with Gasteiger partial charge in [-0.15, -0.1) is 0 Å². The molecule has 3 N–H and O–H groups in total. The van der Waals surface area contributed by atoms with Crippen molar-refractivity contribution < 1.29 is 9.59 Å². The molecular weight excluding hydrogens is 232 g/mol. The summed E-state index contributed by atoms with van der Waals surface area (Å²) < 4.78 is 0. The standard InChI is InChI=1S/C12H18N4O2/c1-3-13-11-6-4-5-10(16-11)12(18)15-8-7-14-9(2)17/h4-6H,3,7-8H2,1-2H3,(H,13,16)(H,14,17)(H,15,18). The number of rotatable bonds is 6. The highest BCUT2D eigenvalue weighted by molar-refractivity contribution is 5.92. The maximum atomic E-state index is 11.7. The lowest BCUT2D eigenvalue weighted by atomic mass is 10.3. The van der Waals surface area contributed by atoms with Crippen LogP contribution in [0.5, 0.6) is 0 Å². The summed E-state index contributed by atoms with van der Waals surface area (Å²) in [4.78, 5) is 26.5. The minimum absolute atomic E-state index is 0.114. The fourth-order valence-corrected chi connectivity index (χ4v) is 1.35. The lowest BCUT2D eigenvalue weighted by molar-refractivity contribution is -0.118. The molecule has 0 aliphatic carbocycles. The van der Waals surface area contributed by atoms with E-state index in [9.17, 15) is 9.59 Å². The van der Waals surface area contributed by atoms with Gasteiger partial charge in [0.1, 0.15) is 11.5 Å². The Morgan fingerprint density at radius 3 is 2.61 bits per heavy atom. The molecule has 0 spiro atoms. The largest absolute Gasteiger partial charge is 0.370 e. The van der Waals surface area contributed by atoms with Crippen molar-refractivity contribution in [3.05, 3.63) is 23.9 Å². The topological polar surface area (TPSA) is 83.1 Å². The van der Waals surface area contributed by atoms with E-state index in [1.165, 1.54) is 6.92 Å². The van der Waals surface area contributed by atoms with Crippen LogP contribution in [0.15, 0.2) is 18.2 Å². The van der Waals surface area contributed by atoms with Crippen LogP contribution in [0.3, 0.4) is 0 Å². The number of nitrogens with zero attached hydrogens (tertiary/aromatic N) is 1. The second-order valence-corrected chi connectivity index (χ2v) is 3.68. The molecule has 0 aliphatic rings. The highest BCUT2D eigenvalue weighted by Crippen LogP contribution is 2.04. The quantitative estimate of drug-likeness (QED) is 0.637. The van der Waals surface area contributed by atoms with E-state index in [1.54, 1.807) is 18.2 Å². The predicted molar refractivity (Wildman–Crippen MR) is 69.4 cm³/mol. The van der Waals surface area contributed by atoms with Gasteiger partial charge in [-0.05, 0) is 19.1 Å². The molecule has 1 aromatic heterocycles. The Kier molecular flexibility index (Phi) is 5.63. The summed E-state index contributed by atoms with van der Waals surface area (Å²) >= 11 is 0. The van der Waals surface area contributed by atoms with Crippen molar-refractivity contribution >= 4 is 17.6 Å². The third-order valence-corrected chi connectivity index (χ3v) is 2.12. The molecular formula is C12H18N4O2. The summed E-state index contributed by atoms with van der Waals surface area (Å²) in [6.07, 6.45) is 0. The SMILES string of the molecule is CCNc1cccc(C(=O)NCCNC(C)=O)n1. The Hall–Kier alpha value is -2.11. The van der Waals surface area contributed by atoms with Crippen molar-refractivity contribution in [3.63, 3.8) is 0 Å². The van der Waals surface area contributed by atoms with Crippen molar-refractivity contribution in [2.24, 2.45) is 0 Å². The van der Waals surface area contributed by atoms with Crippen molar-refractivity contribution in [1.29, 1.82) is 0 Å². The number of hydrogen-bond acceptors (Lipinski definition) is 4. The molecule has 0 unspecified atom stereocenters. The highest BCUT2D eigenvalue weighted by Gasteiger charge is 2.06. The van der Waals surface area contributed by atoms with Gasteiger partial charge in [0, 0.05) is 26.6 Å². The Balaban J connectivity index is 2.45. The third-order valence-electron chi connectivity index (χ3n) is 2.12. The molecule has 0 aromatic carbocycles.